The van der Waals surface area contributed by atoms with Gasteiger partial charge in [0.15, 0.2) is 0 Å². The summed E-state index contributed by atoms with van der Waals surface area (Å²) in [4.78, 5) is 14.0. The molecule has 94 valence electrons. The van der Waals surface area contributed by atoms with E-state index < -0.39 is 0 Å². The normalized spacial score (nSPS) is 19.3. The highest BCUT2D eigenvalue weighted by Crippen LogP contribution is 2.13. The van der Waals surface area contributed by atoms with Crippen LogP contribution in [0.4, 0.5) is 0 Å². The summed E-state index contributed by atoms with van der Waals surface area (Å²) in [6, 6.07) is 8.83. The van der Waals surface area contributed by atoms with Crippen LogP contribution in [0.15, 0.2) is 24.3 Å². The van der Waals surface area contributed by atoms with Gasteiger partial charge in [-0.05, 0) is 18.2 Å². The van der Waals surface area contributed by atoms with Crippen LogP contribution in [0.2, 0.25) is 0 Å². The Bertz CT molecular complexity index is 484. The lowest BCUT2D eigenvalue weighted by Crippen LogP contribution is -2.46. The minimum Gasteiger partial charge on any atom is -0.374 e. The average molecular weight is 309 g/mol. The van der Waals surface area contributed by atoms with Gasteiger partial charge >= 0.3 is 0 Å². The van der Waals surface area contributed by atoms with Crippen LogP contribution in [-0.4, -0.2) is 41.9 Å². The number of benzene rings is 1. The molecule has 4 nitrogen and oxygen atoms in total. The highest BCUT2D eigenvalue weighted by molar-refractivity contribution is 9.09. The molecule has 0 bridgehead atoms. The van der Waals surface area contributed by atoms with Gasteiger partial charge in [0.2, 0.25) is 0 Å². The number of carbonyl (C=O) groups is 1. The van der Waals surface area contributed by atoms with E-state index in [1.807, 2.05) is 6.07 Å². The first kappa shape index (κ1) is 13.1. The molecule has 18 heavy (non-hydrogen) atoms. The van der Waals surface area contributed by atoms with Gasteiger partial charge in [-0.25, -0.2) is 0 Å². The van der Waals surface area contributed by atoms with Crippen molar-refractivity contribution in [2.75, 3.05) is 25.0 Å². The van der Waals surface area contributed by atoms with E-state index >= 15 is 0 Å². The van der Waals surface area contributed by atoms with E-state index in [1.165, 1.54) is 0 Å². The summed E-state index contributed by atoms with van der Waals surface area (Å²) in [6.07, 6.45) is 0.0434. The van der Waals surface area contributed by atoms with Crippen LogP contribution < -0.4 is 0 Å². The molecule has 2 rings (SSSR count). The fourth-order valence-electron chi connectivity index (χ4n) is 1.90. The quantitative estimate of drug-likeness (QED) is 0.783. The van der Waals surface area contributed by atoms with Gasteiger partial charge in [0.05, 0.1) is 24.3 Å². The zero-order valence-electron chi connectivity index (χ0n) is 9.80. The SMILES string of the molecule is N#Cc1cccc(C(=O)N2CCOC(CBr)C2)c1. The Kier molecular flexibility index (Phi) is 4.34. The number of hydrogen-bond acceptors (Lipinski definition) is 3. The summed E-state index contributed by atoms with van der Waals surface area (Å²) in [5.74, 6) is -0.0404. The molecule has 0 spiro atoms. The Morgan fingerprint density at radius 2 is 2.44 bits per heavy atom. The second-order valence-electron chi connectivity index (χ2n) is 4.09. The standard InChI is InChI=1S/C13H13BrN2O2/c14-7-12-9-16(4-5-18-12)13(17)11-3-1-2-10(6-11)8-15/h1-3,6,12H,4-5,7,9H2. The van der Waals surface area contributed by atoms with Gasteiger partial charge < -0.3 is 9.64 Å². The number of morpholine rings is 1. The maximum Gasteiger partial charge on any atom is 0.254 e. The van der Waals surface area contributed by atoms with Crippen LogP contribution in [0.5, 0.6) is 0 Å². The zero-order valence-corrected chi connectivity index (χ0v) is 11.4. The van der Waals surface area contributed by atoms with Gasteiger partial charge in [-0.1, -0.05) is 22.0 Å². The van der Waals surface area contributed by atoms with E-state index in [4.69, 9.17) is 10.00 Å². The molecule has 1 amide bonds. The second kappa shape index (κ2) is 5.98. The Morgan fingerprint density at radius 3 is 3.17 bits per heavy atom. The summed E-state index contributed by atoms with van der Waals surface area (Å²) in [7, 11) is 0. The third-order valence-corrected chi connectivity index (χ3v) is 3.56. The lowest BCUT2D eigenvalue weighted by atomic mass is 10.1. The van der Waals surface area contributed by atoms with E-state index in [1.54, 1.807) is 29.2 Å². The molecule has 1 heterocycles. The molecule has 1 aliphatic rings. The highest BCUT2D eigenvalue weighted by Gasteiger charge is 2.24. The lowest BCUT2D eigenvalue weighted by molar-refractivity contribution is -0.00965. The number of nitriles is 1. The molecular weight excluding hydrogens is 296 g/mol. The highest BCUT2D eigenvalue weighted by atomic mass is 79.9. The lowest BCUT2D eigenvalue weighted by Gasteiger charge is -2.32. The first-order valence-corrected chi connectivity index (χ1v) is 6.83. The van der Waals surface area contributed by atoms with Crippen LogP contribution in [0.3, 0.4) is 0 Å². The predicted octanol–water partition coefficient (Wildman–Crippen LogP) is 1.79. The monoisotopic (exact) mass is 308 g/mol. The van der Waals surface area contributed by atoms with E-state index in [0.717, 1.165) is 5.33 Å². The molecule has 5 heteroatoms. The zero-order chi connectivity index (χ0) is 13.0. The average Bonchev–Trinajstić information content (AvgIpc) is 2.46. The topological polar surface area (TPSA) is 53.3 Å². The molecule has 1 aromatic rings. The predicted molar refractivity (Wildman–Crippen MR) is 70.6 cm³/mol. The number of carbonyl (C=O) groups excluding carboxylic acids is 1. The van der Waals surface area contributed by atoms with Crippen molar-refractivity contribution in [1.29, 1.82) is 5.26 Å². The minimum absolute atomic E-state index is 0.0404. The molecule has 1 unspecified atom stereocenters. The van der Waals surface area contributed by atoms with Crippen LogP contribution in [0.1, 0.15) is 15.9 Å². The largest absolute Gasteiger partial charge is 0.374 e. The molecule has 1 saturated heterocycles. The number of halogens is 1. The molecule has 1 aromatic carbocycles. The van der Waals surface area contributed by atoms with Gasteiger partial charge in [0.1, 0.15) is 0 Å². The maximum absolute atomic E-state index is 12.3. The van der Waals surface area contributed by atoms with Gasteiger partial charge in [-0.2, -0.15) is 5.26 Å². The van der Waals surface area contributed by atoms with E-state index in [2.05, 4.69) is 15.9 Å². The molecule has 0 aliphatic carbocycles. The van der Waals surface area contributed by atoms with E-state index in [-0.39, 0.29) is 12.0 Å². The number of alkyl halides is 1. The Hall–Kier alpha value is -1.38. The summed E-state index contributed by atoms with van der Waals surface area (Å²) in [5.41, 5.74) is 1.07. The summed E-state index contributed by atoms with van der Waals surface area (Å²) < 4.78 is 5.50. The molecule has 0 aromatic heterocycles. The first-order chi connectivity index (χ1) is 8.74. The number of nitrogens with zero attached hydrogens (tertiary/aromatic N) is 2. The van der Waals surface area contributed by atoms with Crippen LogP contribution in [0.25, 0.3) is 0 Å². The van der Waals surface area contributed by atoms with Crippen LogP contribution in [-0.2, 0) is 4.74 Å². The first-order valence-electron chi connectivity index (χ1n) is 5.71. The number of ether oxygens (including phenoxy) is 1. The number of hydrogen-bond donors (Lipinski definition) is 0. The minimum atomic E-state index is -0.0404. The summed E-state index contributed by atoms with van der Waals surface area (Å²) in [5, 5.41) is 9.55. The molecule has 0 N–H and O–H groups in total. The smallest absolute Gasteiger partial charge is 0.254 e. The third kappa shape index (κ3) is 2.89. The Balaban J connectivity index is 2.13. The van der Waals surface area contributed by atoms with Crippen molar-refractivity contribution in [1.82, 2.24) is 4.90 Å². The van der Waals surface area contributed by atoms with Crippen molar-refractivity contribution in [3.8, 4) is 6.07 Å². The molecule has 1 aliphatic heterocycles. The van der Waals surface area contributed by atoms with Gasteiger partial charge in [-0.3, -0.25) is 4.79 Å². The number of amides is 1. The maximum atomic E-state index is 12.3. The van der Waals surface area contributed by atoms with Crippen molar-refractivity contribution in [2.45, 2.75) is 6.10 Å². The fraction of sp³-hybridized carbons (Fsp3) is 0.385. The summed E-state index contributed by atoms with van der Waals surface area (Å²) >= 11 is 3.36. The van der Waals surface area contributed by atoms with Gasteiger partial charge in [0.25, 0.3) is 5.91 Å². The van der Waals surface area contributed by atoms with Crippen molar-refractivity contribution >= 4 is 21.8 Å². The van der Waals surface area contributed by atoms with Gasteiger partial charge in [-0.15, -0.1) is 0 Å². The van der Waals surface area contributed by atoms with Crippen molar-refractivity contribution < 1.29 is 9.53 Å². The van der Waals surface area contributed by atoms with E-state index in [9.17, 15) is 4.79 Å². The van der Waals surface area contributed by atoms with Crippen molar-refractivity contribution in [2.24, 2.45) is 0 Å². The van der Waals surface area contributed by atoms with E-state index in [0.29, 0.717) is 30.8 Å². The van der Waals surface area contributed by atoms with Crippen molar-refractivity contribution in [3.05, 3.63) is 35.4 Å². The molecule has 1 atom stereocenters. The van der Waals surface area contributed by atoms with Gasteiger partial charge in [0, 0.05) is 24.0 Å². The summed E-state index contributed by atoms with van der Waals surface area (Å²) in [6.45, 7) is 1.74. The Morgan fingerprint density at radius 1 is 1.61 bits per heavy atom. The van der Waals surface area contributed by atoms with Crippen molar-refractivity contribution in [3.63, 3.8) is 0 Å². The van der Waals surface area contributed by atoms with Crippen LogP contribution in [0, 0.1) is 11.3 Å². The molecule has 1 fully saturated rings. The van der Waals surface area contributed by atoms with Crippen LogP contribution >= 0.6 is 15.9 Å². The Labute approximate surface area is 114 Å². The molecular formula is C13H13BrN2O2. The number of rotatable bonds is 2. The molecule has 0 saturated carbocycles. The third-order valence-electron chi connectivity index (χ3n) is 2.84. The fourth-order valence-corrected chi connectivity index (χ4v) is 2.29. The molecule has 0 radical (unpaired) electrons. The second-order valence-corrected chi connectivity index (χ2v) is 4.74.